The lowest BCUT2D eigenvalue weighted by atomic mass is 9.97. The zero-order valence-corrected chi connectivity index (χ0v) is 17.2. The summed E-state index contributed by atoms with van der Waals surface area (Å²) in [6, 6.07) is 6.61. The summed E-state index contributed by atoms with van der Waals surface area (Å²) < 4.78 is 31.0. The molecule has 1 aliphatic heterocycles. The topological polar surface area (TPSA) is 84.0 Å². The maximum Gasteiger partial charge on any atom is 0.321 e. The smallest absolute Gasteiger partial charge is 0.321 e. The van der Waals surface area contributed by atoms with Crippen LogP contribution in [0.2, 0.25) is 0 Å². The molecule has 1 aromatic carbocycles. The van der Waals surface area contributed by atoms with E-state index in [1.54, 1.807) is 17.0 Å². The molecule has 1 aliphatic rings. The van der Waals surface area contributed by atoms with E-state index < -0.39 is 22.5 Å². The zero-order chi connectivity index (χ0) is 20.2. The molecule has 1 aromatic rings. The van der Waals surface area contributed by atoms with E-state index in [0.717, 1.165) is 29.1 Å². The normalized spacial score (nSPS) is 20.6. The highest BCUT2D eigenvalue weighted by atomic mass is 32.2. The van der Waals surface area contributed by atoms with Gasteiger partial charge in [-0.25, -0.2) is 8.42 Å². The Morgan fingerprint density at radius 3 is 2.26 bits per heavy atom. The van der Waals surface area contributed by atoms with Crippen molar-refractivity contribution >= 4 is 21.9 Å². The quantitative estimate of drug-likeness (QED) is 0.686. The molecule has 2 unspecified atom stereocenters. The van der Waals surface area contributed by atoms with Crippen molar-refractivity contribution in [2.24, 2.45) is 0 Å². The van der Waals surface area contributed by atoms with Crippen molar-refractivity contribution in [1.29, 1.82) is 0 Å². The number of amides is 1. The third-order valence-corrected chi connectivity index (χ3v) is 6.74. The first-order chi connectivity index (χ1) is 12.6. The van der Waals surface area contributed by atoms with Gasteiger partial charge in [-0.15, -0.1) is 0 Å². The highest BCUT2D eigenvalue weighted by Crippen LogP contribution is 2.22. The van der Waals surface area contributed by atoms with Crippen LogP contribution in [0.4, 0.5) is 0 Å². The van der Waals surface area contributed by atoms with Crippen LogP contribution in [0.3, 0.4) is 0 Å². The number of esters is 1. The van der Waals surface area contributed by atoms with Gasteiger partial charge in [0.2, 0.25) is 10.0 Å². The molecule has 1 amide bonds. The van der Waals surface area contributed by atoms with Crippen molar-refractivity contribution in [2.45, 2.75) is 57.0 Å². The van der Waals surface area contributed by atoms with Gasteiger partial charge in [-0.05, 0) is 52.2 Å². The molecule has 2 rings (SSSR count). The van der Waals surface area contributed by atoms with Crippen LogP contribution in [-0.2, 0) is 24.3 Å². The van der Waals surface area contributed by atoms with Crippen LogP contribution in [0, 0.1) is 6.92 Å². The molecule has 0 aromatic heterocycles. The van der Waals surface area contributed by atoms with E-state index in [1.807, 2.05) is 20.8 Å². The molecule has 7 nitrogen and oxygen atoms in total. The number of benzene rings is 1. The SMILES string of the molecule is Cc1ccc(S(=O)(=O)N(C)CC(=O)OCC(=O)N2C(C)CCCC2C)cc1. The summed E-state index contributed by atoms with van der Waals surface area (Å²) in [7, 11) is -2.48. The van der Waals surface area contributed by atoms with E-state index in [4.69, 9.17) is 4.74 Å². The Morgan fingerprint density at radius 2 is 1.70 bits per heavy atom. The lowest BCUT2D eigenvalue weighted by Gasteiger charge is -2.38. The van der Waals surface area contributed by atoms with Gasteiger partial charge in [0.05, 0.1) is 4.90 Å². The lowest BCUT2D eigenvalue weighted by Crippen LogP contribution is -2.49. The highest BCUT2D eigenvalue weighted by Gasteiger charge is 2.30. The van der Waals surface area contributed by atoms with Crippen molar-refractivity contribution in [3.63, 3.8) is 0 Å². The molecule has 1 saturated heterocycles. The Morgan fingerprint density at radius 1 is 1.15 bits per heavy atom. The van der Waals surface area contributed by atoms with Crippen LogP contribution in [0.15, 0.2) is 29.2 Å². The average Bonchev–Trinajstić information content (AvgIpc) is 2.60. The van der Waals surface area contributed by atoms with Crippen molar-refractivity contribution in [3.8, 4) is 0 Å². The Labute approximate surface area is 161 Å². The molecule has 0 radical (unpaired) electrons. The van der Waals surface area contributed by atoms with Crippen molar-refractivity contribution in [3.05, 3.63) is 29.8 Å². The minimum Gasteiger partial charge on any atom is -0.455 e. The van der Waals surface area contributed by atoms with Gasteiger partial charge in [-0.2, -0.15) is 4.31 Å². The predicted octanol–water partition coefficient (Wildman–Crippen LogP) is 1.95. The number of sulfonamides is 1. The first-order valence-electron chi connectivity index (χ1n) is 9.12. The van der Waals surface area contributed by atoms with Crippen LogP contribution in [-0.4, -0.2) is 61.8 Å². The van der Waals surface area contributed by atoms with Crippen LogP contribution in [0.25, 0.3) is 0 Å². The average molecular weight is 397 g/mol. The third kappa shape index (κ3) is 5.29. The Bertz CT molecular complexity index is 766. The van der Waals surface area contributed by atoms with Crippen molar-refractivity contribution in [1.82, 2.24) is 9.21 Å². The number of carbonyl (C=O) groups is 2. The monoisotopic (exact) mass is 396 g/mol. The largest absolute Gasteiger partial charge is 0.455 e. The molecule has 0 saturated carbocycles. The summed E-state index contributed by atoms with van der Waals surface area (Å²) in [5.41, 5.74) is 0.940. The van der Waals surface area contributed by atoms with Gasteiger partial charge in [0.25, 0.3) is 5.91 Å². The van der Waals surface area contributed by atoms with Gasteiger partial charge < -0.3 is 9.64 Å². The Balaban J connectivity index is 1.91. The number of nitrogens with zero attached hydrogens (tertiary/aromatic N) is 2. The fourth-order valence-electron chi connectivity index (χ4n) is 3.33. The van der Waals surface area contributed by atoms with E-state index in [0.29, 0.717) is 0 Å². The van der Waals surface area contributed by atoms with Gasteiger partial charge in [0, 0.05) is 19.1 Å². The fraction of sp³-hybridized carbons (Fsp3) is 0.579. The lowest BCUT2D eigenvalue weighted by molar-refractivity contribution is -0.154. The number of carbonyl (C=O) groups excluding carboxylic acids is 2. The molecule has 0 bridgehead atoms. The molecule has 150 valence electrons. The summed E-state index contributed by atoms with van der Waals surface area (Å²) in [5.74, 6) is -0.994. The predicted molar refractivity (Wildman–Crippen MR) is 102 cm³/mol. The van der Waals surface area contributed by atoms with Crippen LogP contribution >= 0.6 is 0 Å². The first-order valence-corrected chi connectivity index (χ1v) is 10.6. The van der Waals surface area contributed by atoms with Gasteiger partial charge in [-0.3, -0.25) is 9.59 Å². The number of rotatable bonds is 6. The minimum atomic E-state index is -3.79. The standard InChI is InChI=1S/C19H28N2O5S/c1-14-8-10-17(11-9-14)27(24,25)20(4)12-19(23)26-13-18(22)21-15(2)6-5-7-16(21)3/h8-11,15-16H,5-7,12-13H2,1-4H3. The molecule has 2 atom stereocenters. The molecule has 1 heterocycles. The van der Waals surface area contributed by atoms with E-state index in [-0.39, 0.29) is 29.5 Å². The summed E-state index contributed by atoms with van der Waals surface area (Å²) >= 11 is 0. The van der Waals surface area contributed by atoms with Crippen LogP contribution in [0.5, 0.6) is 0 Å². The Kier molecular flexibility index (Phi) is 7.00. The molecule has 8 heteroatoms. The maximum atomic E-state index is 12.5. The zero-order valence-electron chi connectivity index (χ0n) is 16.3. The first kappa shape index (κ1) is 21.4. The summed E-state index contributed by atoms with van der Waals surface area (Å²) in [6.45, 7) is 5.01. The highest BCUT2D eigenvalue weighted by molar-refractivity contribution is 7.89. The molecular weight excluding hydrogens is 368 g/mol. The van der Waals surface area contributed by atoms with E-state index in [9.17, 15) is 18.0 Å². The van der Waals surface area contributed by atoms with E-state index >= 15 is 0 Å². The van der Waals surface area contributed by atoms with Crippen LogP contribution in [0.1, 0.15) is 38.7 Å². The summed E-state index contributed by atoms with van der Waals surface area (Å²) in [5, 5.41) is 0. The number of aryl methyl sites for hydroxylation is 1. The van der Waals surface area contributed by atoms with Crippen molar-refractivity contribution in [2.75, 3.05) is 20.2 Å². The van der Waals surface area contributed by atoms with Gasteiger partial charge in [0.1, 0.15) is 6.54 Å². The molecular formula is C19H28N2O5S. The van der Waals surface area contributed by atoms with Gasteiger partial charge in [0.15, 0.2) is 6.61 Å². The van der Waals surface area contributed by atoms with Gasteiger partial charge >= 0.3 is 5.97 Å². The second-order valence-electron chi connectivity index (χ2n) is 7.16. The number of likely N-dealkylation sites (tertiary alicyclic amines) is 1. The number of hydrogen-bond acceptors (Lipinski definition) is 5. The van der Waals surface area contributed by atoms with E-state index in [1.165, 1.54) is 19.2 Å². The van der Waals surface area contributed by atoms with E-state index in [2.05, 4.69) is 0 Å². The summed E-state index contributed by atoms with van der Waals surface area (Å²) in [6.07, 6.45) is 2.94. The molecule has 1 fully saturated rings. The third-order valence-electron chi connectivity index (χ3n) is 4.92. The Hall–Kier alpha value is -1.93. The second kappa shape index (κ2) is 8.84. The number of ether oxygens (including phenoxy) is 1. The van der Waals surface area contributed by atoms with Crippen molar-refractivity contribution < 1.29 is 22.7 Å². The number of piperidine rings is 1. The molecule has 27 heavy (non-hydrogen) atoms. The summed E-state index contributed by atoms with van der Waals surface area (Å²) in [4.78, 5) is 26.3. The minimum absolute atomic E-state index is 0.107. The second-order valence-corrected chi connectivity index (χ2v) is 9.21. The maximum absolute atomic E-state index is 12.5. The molecule has 0 N–H and O–H groups in total. The number of hydrogen-bond donors (Lipinski definition) is 0. The van der Waals surface area contributed by atoms with Crippen LogP contribution < -0.4 is 0 Å². The molecule has 0 aliphatic carbocycles. The number of likely N-dealkylation sites (N-methyl/N-ethyl adjacent to an activating group) is 1. The fourth-order valence-corrected chi connectivity index (χ4v) is 4.45. The van der Waals surface area contributed by atoms with Gasteiger partial charge in [-0.1, -0.05) is 17.7 Å². The molecule has 0 spiro atoms.